The number of carbonyl (C=O) groups is 1. The van der Waals surface area contributed by atoms with Gasteiger partial charge < -0.3 is 89.5 Å². The lowest BCUT2D eigenvalue weighted by molar-refractivity contribution is -0.383. The summed E-state index contributed by atoms with van der Waals surface area (Å²) in [7, 11) is 0. The Hall–Kier alpha value is -1.37. The fraction of sp³-hybridized carbons (Fsp3) is 0.929. The van der Waals surface area contributed by atoms with E-state index in [9.17, 15) is 61.1 Å². The Bertz CT molecular complexity index is 1120. The predicted octanol–water partition coefficient (Wildman–Crippen LogP) is -6.29. The van der Waals surface area contributed by atoms with Crippen LogP contribution in [0, 0.1) is 11.3 Å². The first-order chi connectivity index (χ1) is 23.1. The standard InChI is InChI=1S/C28H46N2O18S/c1-8-14(34)17(37)20(40)25(42-8)46-22-12(7-32)45-28(49-5-4-29)13(30-10(3)33)23(22)47-27-24(19(39)16(36)11(6-31)44-27)48-26-21(41)18(38)15(35)9(2)43-26/h8-9,11-28,31-32,34-41H,5-7H2,1-3H3,(H,30,33)/t8?,9-,11-,12-,13?,14+,15+,16-,17-,18?,19?,20?,21?,22+,23?,24?,25-,26-,27-,28-/m0/s1. The second kappa shape index (κ2) is 17.4. The molecule has 20 nitrogen and oxygen atoms in total. The Morgan fingerprint density at radius 3 is 1.67 bits per heavy atom. The molecule has 0 aromatic rings. The minimum absolute atomic E-state index is 0.157. The Labute approximate surface area is 285 Å². The van der Waals surface area contributed by atoms with Crippen LogP contribution in [0.5, 0.6) is 0 Å². The number of aliphatic hydroxyl groups is 10. The molecule has 0 saturated carbocycles. The van der Waals surface area contributed by atoms with Gasteiger partial charge in [0.05, 0.1) is 43.3 Å². The molecule has 49 heavy (non-hydrogen) atoms. The summed E-state index contributed by atoms with van der Waals surface area (Å²) < 4.78 is 41.0. The van der Waals surface area contributed by atoms with Gasteiger partial charge in [-0.1, -0.05) is 0 Å². The zero-order valence-corrected chi connectivity index (χ0v) is 27.6. The number of aliphatic hydroxyl groups excluding tert-OH is 10. The van der Waals surface area contributed by atoms with E-state index in [1.165, 1.54) is 13.8 Å². The molecule has 4 saturated heterocycles. The molecule has 8 unspecified atom stereocenters. The van der Waals surface area contributed by atoms with Gasteiger partial charge in [-0.05, 0) is 13.8 Å². The molecule has 20 atom stereocenters. The number of ether oxygens (including phenoxy) is 7. The summed E-state index contributed by atoms with van der Waals surface area (Å²) in [6, 6.07) is 0.670. The second-order valence-corrected chi connectivity index (χ2v) is 13.4. The molecule has 4 aliphatic heterocycles. The molecule has 4 heterocycles. The lowest BCUT2D eigenvalue weighted by Gasteiger charge is -2.51. The highest BCUT2D eigenvalue weighted by Crippen LogP contribution is 2.37. The van der Waals surface area contributed by atoms with Gasteiger partial charge in [-0.2, -0.15) is 5.26 Å². The predicted molar refractivity (Wildman–Crippen MR) is 159 cm³/mol. The van der Waals surface area contributed by atoms with E-state index in [0.717, 1.165) is 18.7 Å². The van der Waals surface area contributed by atoms with E-state index in [-0.39, 0.29) is 5.75 Å². The van der Waals surface area contributed by atoms with Crippen LogP contribution in [0.25, 0.3) is 0 Å². The van der Waals surface area contributed by atoms with Crippen LogP contribution in [-0.4, -0.2) is 198 Å². The molecule has 0 aromatic heterocycles. The molecule has 0 bridgehead atoms. The van der Waals surface area contributed by atoms with Crippen LogP contribution in [0.4, 0.5) is 0 Å². The summed E-state index contributed by atoms with van der Waals surface area (Å²) in [6.45, 7) is 2.34. The van der Waals surface area contributed by atoms with Crippen LogP contribution >= 0.6 is 11.8 Å². The lowest BCUT2D eigenvalue weighted by atomic mass is 9.95. The van der Waals surface area contributed by atoms with Crippen molar-refractivity contribution in [2.24, 2.45) is 0 Å². The summed E-state index contributed by atoms with van der Waals surface area (Å²) in [5.41, 5.74) is -1.11. The molecule has 4 rings (SSSR count). The number of hydrogen-bond donors (Lipinski definition) is 11. The van der Waals surface area contributed by atoms with Crippen molar-refractivity contribution >= 4 is 17.7 Å². The maximum absolute atomic E-state index is 12.5. The third kappa shape index (κ3) is 8.82. The highest BCUT2D eigenvalue weighted by molar-refractivity contribution is 8.00. The maximum atomic E-state index is 12.5. The fourth-order valence-electron chi connectivity index (χ4n) is 6.05. The molecule has 0 aromatic carbocycles. The van der Waals surface area contributed by atoms with Crippen molar-refractivity contribution in [3.8, 4) is 6.07 Å². The van der Waals surface area contributed by atoms with Crippen LogP contribution < -0.4 is 5.32 Å². The van der Waals surface area contributed by atoms with Crippen molar-refractivity contribution < 1.29 is 89.0 Å². The fourth-order valence-corrected chi connectivity index (χ4v) is 6.94. The van der Waals surface area contributed by atoms with E-state index >= 15 is 0 Å². The average Bonchev–Trinajstić information content (AvgIpc) is 3.07. The molecule has 0 aliphatic carbocycles. The van der Waals surface area contributed by atoms with Crippen molar-refractivity contribution in [2.45, 2.75) is 143 Å². The molecule has 11 N–H and O–H groups in total. The number of amides is 1. The topological polar surface area (TPSA) is 320 Å². The summed E-state index contributed by atoms with van der Waals surface area (Å²) >= 11 is 0.914. The summed E-state index contributed by atoms with van der Waals surface area (Å²) in [6.07, 6.45) is -28.9. The van der Waals surface area contributed by atoms with Crippen LogP contribution in [0.1, 0.15) is 20.8 Å². The van der Waals surface area contributed by atoms with Crippen molar-refractivity contribution in [3.63, 3.8) is 0 Å². The molecule has 0 radical (unpaired) electrons. The largest absolute Gasteiger partial charge is 0.394 e. The molecular weight excluding hydrogens is 684 g/mol. The number of nitriles is 1. The van der Waals surface area contributed by atoms with Gasteiger partial charge in [-0.3, -0.25) is 4.79 Å². The monoisotopic (exact) mass is 730 g/mol. The molecule has 0 spiro atoms. The smallest absolute Gasteiger partial charge is 0.217 e. The number of nitrogens with zero attached hydrogens (tertiary/aromatic N) is 1. The lowest BCUT2D eigenvalue weighted by Crippen LogP contribution is -2.69. The third-order valence-electron chi connectivity index (χ3n) is 8.82. The average molecular weight is 731 g/mol. The van der Waals surface area contributed by atoms with E-state index in [1.54, 1.807) is 0 Å². The first-order valence-electron chi connectivity index (χ1n) is 15.6. The van der Waals surface area contributed by atoms with Crippen LogP contribution in [0.15, 0.2) is 0 Å². The van der Waals surface area contributed by atoms with Crippen molar-refractivity contribution in [1.29, 1.82) is 5.26 Å². The minimum Gasteiger partial charge on any atom is -0.394 e. The summed E-state index contributed by atoms with van der Waals surface area (Å²) in [5.74, 6) is -0.774. The SMILES string of the molecule is CC(=O)NC1C(O[C@@H]2O[C@@H](CO)[C@H](O)C(O)C2O[C@@H]2O[C@@H](C)[C@@H](O)C(O)C2O)[C@H](O[C@@H]2OC(C)[C@@H](O)[C@H](O)C2O)[C@H](CO)O[C@H]1SCC#N. The highest BCUT2D eigenvalue weighted by atomic mass is 32.2. The Morgan fingerprint density at radius 1 is 0.673 bits per heavy atom. The molecule has 4 aliphatic rings. The minimum atomic E-state index is -1.91. The number of thioether (sulfide) groups is 1. The van der Waals surface area contributed by atoms with Gasteiger partial charge >= 0.3 is 0 Å². The van der Waals surface area contributed by atoms with E-state index in [4.69, 9.17) is 33.2 Å². The quantitative estimate of drug-likeness (QED) is 0.0942. The summed E-state index contributed by atoms with van der Waals surface area (Å²) in [4.78, 5) is 12.5. The first-order valence-corrected chi connectivity index (χ1v) is 16.7. The molecule has 4 fully saturated rings. The Morgan fingerprint density at radius 2 is 1.18 bits per heavy atom. The van der Waals surface area contributed by atoms with Crippen molar-refractivity contribution in [2.75, 3.05) is 19.0 Å². The van der Waals surface area contributed by atoms with Gasteiger partial charge in [0.2, 0.25) is 5.91 Å². The molecular formula is C28H46N2O18S. The Kier molecular flexibility index (Phi) is 14.4. The Balaban J connectivity index is 1.74. The van der Waals surface area contributed by atoms with Crippen LogP contribution in [0.3, 0.4) is 0 Å². The van der Waals surface area contributed by atoms with E-state index < -0.39 is 141 Å². The van der Waals surface area contributed by atoms with Crippen molar-refractivity contribution in [3.05, 3.63) is 0 Å². The number of hydrogen-bond acceptors (Lipinski definition) is 20. The van der Waals surface area contributed by atoms with Crippen LogP contribution in [-0.2, 0) is 38.0 Å². The molecule has 1 amide bonds. The molecule has 282 valence electrons. The molecule has 21 heteroatoms. The van der Waals surface area contributed by atoms with E-state index in [2.05, 4.69) is 5.32 Å². The van der Waals surface area contributed by atoms with Gasteiger partial charge in [-0.25, -0.2) is 0 Å². The van der Waals surface area contributed by atoms with Gasteiger partial charge in [0.25, 0.3) is 0 Å². The number of nitrogens with one attached hydrogen (secondary N) is 1. The van der Waals surface area contributed by atoms with E-state index in [1.807, 2.05) is 6.07 Å². The maximum Gasteiger partial charge on any atom is 0.217 e. The third-order valence-corrected chi connectivity index (χ3v) is 9.85. The zero-order chi connectivity index (χ0) is 36.3. The normalized spacial score (nSPS) is 49.2. The van der Waals surface area contributed by atoms with Crippen molar-refractivity contribution in [1.82, 2.24) is 5.32 Å². The first kappa shape index (κ1) is 40.4. The van der Waals surface area contributed by atoms with Gasteiger partial charge in [0.15, 0.2) is 18.9 Å². The zero-order valence-electron chi connectivity index (χ0n) is 26.8. The number of rotatable bonds is 11. The second-order valence-electron chi connectivity index (χ2n) is 12.3. The van der Waals surface area contributed by atoms with Gasteiger partial charge in [0, 0.05) is 6.92 Å². The van der Waals surface area contributed by atoms with E-state index in [0.29, 0.717) is 0 Å². The number of carbonyl (C=O) groups excluding carboxylic acids is 1. The van der Waals surface area contributed by atoms with Gasteiger partial charge in [-0.15, -0.1) is 11.8 Å². The highest BCUT2D eigenvalue weighted by Gasteiger charge is 2.56. The summed E-state index contributed by atoms with van der Waals surface area (Å²) in [5, 5.41) is 116. The van der Waals surface area contributed by atoms with Crippen LogP contribution in [0.2, 0.25) is 0 Å². The van der Waals surface area contributed by atoms with Gasteiger partial charge in [0.1, 0.15) is 84.8 Å².